The molecule has 0 bridgehead atoms. The summed E-state index contributed by atoms with van der Waals surface area (Å²) in [6, 6.07) is 18.1. The van der Waals surface area contributed by atoms with E-state index >= 15 is 0 Å². The van der Waals surface area contributed by atoms with Crippen LogP contribution < -0.4 is 10.6 Å². The van der Waals surface area contributed by atoms with Crippen molar-refractivity contribution in [2.24, 2.45) is 16.8 Å². The normalized spacial score (nSPS) is 20.4. The van der Waals surface area contributed by atoms with Gasteiger partial charge in [-0.3, -0.25) is 33.6 Å². The molecule has 1 saturated heterocycles. The number of nitrogens with one attached hydrogen (secondary N) is 2. The van der Waals surface area contributed by atoms with Gasteiger partial charge in [-0.05, 0) is 101 Å². The first-order chi connectivity index (χ1) is 34.1. The number of hydrogen-bond donors (Lipinski definition) is 2. The van der Waals surface area contributed by atoms with Gasteiger partial charge < -0.3 is 15.5 Å². The first-order valence-corrected chi connectivity index (χ1v) is 26.5. The zero-order chi connectivity index (χ0) is 49.8. The Balaban J connectivity index is 0.764. The van der Waals surface area contributed by atoms with Crippen molar-refractivity contribution in [1.29, 1.82) is 0 Å². The van der Waals surface area contributed by atoms with Crippen molar-refractivity contribution in [3.8, 4) is 26.6 Å². The molecule has 2 aliphatic heterocycles. The molecule has 5 aromatic heterocycles. The second-order valence-electron chi connectivity index (χ2n) is 19.9. The number of fused-ring (bicyclic) bond motifs is 3. The summed E-state index contributed by atoms with van der Waals surface area (Å²) >= 11 is 9.59. The number of thiophene rings is 1. The molecule has 3 amide bonds. The van der Waals surface area contributed by atoms with E-state index in [0.29, 0.717) is 23.8 Å². The first-order valence-electron chi connectivity index (χ1n) is 24.4. The van der Waals surface area contributed by atoms with E-state index in [1.165, 1.54) is 4.88 Å². The number of aromatic nitrogens is 7. The predicted molar refractivity (Wildman–Crippen MR) is 279 cm³/mol. The molecule has 366 valence electrons. The number of benzene rings is 2. The van der Waals surface area contributed by atoms with Gasteiger partial charge in [-0.15, -0.1) is 32.9 Å². The van der Waals surface area contributed by atoms with Crippen LogP contribution in [0.1, 0.15) is 128 Å². The van der Waals surface area contributed by atoms with Gasteiger partial charge in [-0.25, -0.2) is 4.98 Å². The molecule has 0 radical (unpaired) electrons. The number of aryl methyl sites for hydroxylation is 3. The molecule has 1 saturated carbocycles. The monoisotopic (exact) mass is 1010 g/mol. The van der Waals surface area contributed by atoms with Crippen LogP contribution in [0.2, 0.25) is 5.02 Å². The van der Waals surface area contributed by atoms with Crippen LogP contribution in [0.3, 0.4) is 0 Å². The molecule has 7 aromatic rings. The van der Waals surface area contributed by atoms with Gasteiger partial charge in [0.05, 0.1) is 40.5 Å². The Kier molecular flexibility index (Phi) is 13.4. The lowest BCUT2D eigenvalue weighted by Gasteiger charge is -2.35. The van der Waals surface area contributed by atoms with E-state index in [0.717, 1.165) is 84.6 Å². The lowest BCUT2D eigenvalue weighted by molar-refractivity contribution is -0.142. The number of thiazole rings is 1. The number of rotatable bonds is 13. The van der Waals surface area contributed by atoms with Crippen molar-refractivity contribution >= 4 is 57.7 Å². The number of pyridine rings is 1. The van der Waals surface area contributed by atoms with Gasteiger partial charge >= 0.3 is 0 Å². The van der Waals surface area contributed by atoms with Gasteiger partial charge in [0.15, 0.2) is 5.82 Å². The summed E-state index contributed by atoms with van der Waals surface area (Å²) in [5.41, 5.74) is 11.6. The summed E-state index contributed by atoms with van der Waals surface area (Å²) in [6.07, 6.45) is 7.81. The predicted octanol–water partition coefficient (Wildman–Crippen LogP) is 10.3. The van der Waals surface area contributed by atoms with E-state index < -0.39 is 18.1 Å². The number of amides is 3. The minimum atomic E-state index is -0.594. The highest BCUT2D eigenvalue weighted by Crippen LogP contribution is 2.41. The van der Waals surface area contributed by atoms with Gasteiger partial charge in [-0.1, -0.05) is 74.8 Å². The maximum absolute atomic E-state index is 14.5. The zero-order valence-electron chi connectivity index (χ0n) is 41.2. The molecular formula is C54H58ClN11O3S2. The third-order valence-electron chi connectivity index (χ3n) is 14.4. The molecule has 17 heteroatoms. The number of likely N-dealkylation sites (tertiary alicyclic amines) is 1. The van der Waals surface area contributed by atoms with E-state index in [9.17, 15) is 14.4 Å². The van der Waals surface area contributed by atoms with Gasteiger partial charge in [0.1, 0.15) is 29.0 Å². The summed E-state index contributed by atoms with van der Waals surface area (Å²) in [4.78, 5) is 60.8. The number of aliphatic imine (C=N–C) groups is 1. The summed E-state index contributed by atoms with van der Waals surface area (Å²) in [6.45, 7) is 16.8. The fourth-order valence-corrected chi connectivity index (χ4v) is 12.5. The van der Waals surface area contributed by atoms with Gasteiger partial charge in [0, 0.05) is 68.7 Å². The van der Waals surface area contributed by atoms with Crippen LogP contribution in [0.4, 0.5) is 0 Å². The Morgan fingerprint density at radius 1 is 0.859 bits per heavy atom. The Hall–Kier alpha value is -6.36. The molecule has 0 spiro atoms. The molecule has 3 aliphatic rings. The molecule has 14 nitrogen and oxygen atoms in total. The van der Waals surface area contributed by atoms with Crippen LogP contribution in [0.15, 0.2) is 89.8 Å². The topological polar surface area (TPSA) is 165 Å². The zero-order valence-corrected chi connectivity index (χ0v) is 43.6. The highest BCUT2D eigenvalue weighted by Gasteiger charge is 2.42. The van der Waals surface area contributed by atoms with Crippen LogP contribution in [0.5, 0.6) is 0 Å². The average molecular weight is 1010 g/mol. The lowest BCUT2D eigenvalue weighted by atomic mass is 9.77. The minimum Gasteiger partial charge on any atom is -0.353 e. The van der Waals surface area contributed by atoms with Crippen LogP contribution in [0.25, 0.3) is 26.6 Å². The van der Waals surface area contributed by atoms with Gasteiger partial charge in [-0.2, -0.15) is 5.10 Å². The summed E-state index contributed by atoms with van der Waals surface area (Å²) in [5.74, 6) is 1.35. The van der Waals surface area contributed by atoms with Crippen molar-refractivity contribution in [3.63, 3.8) is 0 Å². The third kappa shape index (κ3) is 9.49. The Morgan fingerprint density at radius 3 is 2.28 bits per heavy atom. The molecule has 10 rings (SSSR count). The van der Waals surface area contributed by atoms with E-state index in [1.54, 1.807) is 38.5 Å². The van der Waals surface area contributed by atoms with Crippen molar-refractivity contribution in [1.82, 2.24) is 50.0 Å². The largest absolute Gasteiger partial charge is 0.353 e. The Morgan fingerprint density at radius 2 is 1.59 bits per heavy atom. The van der Waals surface area contributed by atoms with Gasteiger partial charge in [0.2, 0.25) is 17.7 Å². The average Bonchev–Trinajstić information content (AvgIpc) is 4.18. The molecule has 2 aromatic carbocycles. The summed E-state index contributed by atoms with van der Waals surface area (Å²) < 4.78 is 3.81. The molecule has 2 fully saturated rings. The van der Waals surface area contributed by atoms with E-state index in [1.807, 2.05) is 101 Å². The smallest absolute Gasteiger partial charge is 0.248 e. The molecule has 71 heavy (non-hydrogen) atoms. The quantitative estimate of drug-likeness (QED) is 0.115. The molecule has 1 unspecified atom stereocenters. The van der Waals surface area contributed by atoms with Crippen molar-refractivity contribution < 1.29 is 14.4 Å². The number of halogens is 1. The fraction of sp³-hybridized carbons (Fsp3) is 0.389. The highest BCUT2D eigenvalue weighted by molar-refractivity contribution is 7.15. The third-order valence-corrected chi connectivity index (χ3v) is 16.8. The molecule has 1 aliphatic carbocycles. The maximum Gasteiger partial charge on any atom is 0.248 e. The van der Waals surface area contributed by atoms with Crippen LogP contribution in [-0.2, 0) is 14.4 Å². The number of nitrogens with zero attached hydrogens (tertiary/aromatic N) is 9. The standard InChI is InChI=1S/C54H58ClN11O3S2/c1-28(2)49(53(69)64-25-29(3)19-45(64)52(68)59-31(5)35-9-11-37(12-10-35)50-32(6)57-27-70-50)65-26-40(24-58-65)38-15-18-43(56-23-38)39-20-42(21-39)60-46(67)22-44-51-63-62-34(8)66(51)54-47(30(4)33(7)71-54)48(61-44)36-13-16-41(55)17-14-36/h9-18,23-24,26-29,31,39,42,44-45,49H,19-22,25H2,1-8H3,(H,59,68)(H,60,67)/t29-,31?,39?,42?,44+,45+,49-/m1/s1. The van der Waals surface area contributed by atoms with Gasteiger partial charge in [0.25, 0.3) is 0 Å². The maximum atomic E-state index is 14.5. The van der Waals surface area contributed by atoms with E-state index in [4.69, 9.17) is 26.7 Å². The van der Waals surface area contributed by atoms with Crippen molar-refractivity contribution in [2.75, 3.05) is 6.54 Å². The molecule has 5 atom stereocenters. The fourth-order valence-electron chi connectivity index (χ4n) is 10.3. The van der Waals surface area contributed by atoms with Crippen LogP contribution in [0, 0.1) is 39.5 Å². The highest BCUT2D eigenvalue weighted by atomic mass is 35.5. The van der Waals surface area contributed by atoms with Crippen molar-refractivity contribution in [2.45, 2.75) is 117 Å². The lowest BCUT2D eigenvalue weighted by Crippen LogP contribution is -2.49. The molecule has 7 heterocycles. The molecular weight excluding hydrogens is 950 g/mol. The SMILES string of the molecule is Cc1ncsc1-c1ccc(C(C)NC(=O)[C@@H]2C[C@@H](C)CN2C(=O)[C@@H](C(C)C)n2cc(-c3ccc(C4CC(NC(=O)C[C@@H]5N=C(c6ccc(Cl)cc6)c6c(sc(C)c6C)-n6c(C)nnc65)C4)nc3)cn2)cc1. The van der Waals surface area contributed by atoms with E-state index in [-0.39, 0.29) is 54.0 Å². The molecule has 2 N–H and O–H groups in total. The van der Waals surface area contributed by atoms with E-state index in [2.05, 4.69) is 63.3 Å². The van der Waals surface area contributed by atoms with Crippen LogP contribution in [-0.4, -0.2) is 81.5 Å². The number of hydrogen-bond acceptors (Lipinski definition) is 11. The minimum absolute atomic E-state index is 0.0126. The van der Waals surface area contributed by atoms with Crippen LogP contribution >= 0.6 is 34.3 Å². The number of carbonyl (C=O) groups is 3. The Bertz CT molecular complexity index is 3150. The van der Waals surface area contributed by atoms with Crippen molar-refractivity contribution in [3.05, 3.63) is 140 Å². The first kappa shape index (κ1) is 48.3. The summed E-state index contributed by atoms with van der Waals surface area (Å²) in [5, 5.41) is 21.8. The number of carbonyl (C=O) groups excluding carboxylic acids is 3. The Labute approximate surface area is 427 Å². The summed E-state index contributed by atoms with van der Waals surface area (Å²) in [7, 11) is 0. The second-order valence-corrected chi connectivity index (χ2v) is 22.4. The second kappa shape index (κ2) is 19.7.